The molecule has 0 heterocycles. The smallest absolute Gasteiger partial charge is 0.206 e. The van der Waals surface area contributed by atoms with Gasteiger partial charge in [-0.05, 0) is 48.9 Å². The second kappa shape index (κ2) is 8.36. The van der Waals surface area contributed by atoms with E-state index in [2.05, 4.69) is 13.2 Å². The molecule has 24 heavy (non-hydrogen) atoms. The first-order chi connectivity index (χ1) is 11.6. The quantitative estimate of drug-likeness (QED) is 0.670. The highest BCUT2D eigenvalue weighted by atomic mass is 32.2. The highest BCUT2D eigenvalue weighted by Crippen LogP contribution is 2.25. The molecular weight excluding hydrogens is 324 g/mol. The molecule has 5 heteroatoms. The summed E-state index contributed by atoms with van der Waals surface area (Å²) in [6, 6.07) is 6.34. The van der Waals surface area contributed by atoms with Crippen molar-refractivity contribution in [2.75, 3.05) is 13.2 Å². The van der Waals surface area contributed by atoms with Gasteiger partial charge in [-0.15, -0.1) is 0 Å². The lowest BCUT2D eigenvalue weighted by atomic mass is 10.3. The maximum atomic E-state index is 12.7. The van der Waals surface area contributed by atoms with Crippen molar-refractivity contribution in [3.05, 3.63) is 84.5 Å². The van der Waals surface area contributed by atoms with Crippen LogP contribution in [-0.4, -0.2) is 21.6 Å². The highest BCUT2D eigenvalue weighted by molar-refractivity contribution is 7.95. The minimum atomic E-state index is -3.58. The number of ether oxygens (including phenoxy) is 2. The lowest BCUT2D eigenvalue weighted by Crippen LogP contribution is -2.03. The summed E-state index contributed by atoms with van der Waals surface area (Å²) in [6.07, 6.45) is 10.5. The van der Waals surface area contributed by atoms with Crippen LogP contribution in [0.15, 0.2) is 89.4 Å². The van der Waals surface area contributed by atoms with Crippen molar-refractivity contribution in [2.24, 2.45) is 0 Å². The van der Waals surface area contributed by atoms with Crippen LogP contribution in [0.4, 0.5) is 0 Å². The van der Waals surface area contributed by atoms with Crippen LogP contribution in [0.1, 0.15) is 6.42 Å². The normalized spacial score (nSPS) is 14.2. The molecule has 126 valence electrons. The predicted octanol–water partition coefficient (Wildman–Crippen LogP) is 3.96. The van der Waals surface area contributed by atoms with Gasteiger partial charge >= 0.3 is 0 Å². The van der Waals surface area contributed by atoms with Crippen LogP contribution in [0.5, 0.6) is 5.75 Å². The van der Waals surface area contributed by atoms with E-state index in [0.717, 1.165) is 0 Å². The van der Waals surface area contributed by atoms with Gasteiger partial charge in [-0.3, -0.25) is 0 Å². The monoisotopic (exact) mass is 344 g/mol. The Morgan fingerprint density at radius 1 is 0.958 bits per heavy atom. The molecule has 0 amide bonds. The molecule has 4 nitrogen and oxygen atoms in total. The minimum Gasteiger partial charge on any atom is -0.490 e. The first-order valence-corrected chi connectivity index (χ1v) is 8.97. The SMILES string of the molecule is C=CCOC1=CCC=C(S(=O)(=O)c2ccc(OCC=C)cc2)C=C1. The fraction of sp³-hybridized carbons (Fsp3) is 0.158. The first kappa shape index (κ1) is 17.8. The van der Waals surface area contributed by atoms with Gasteiger partial charge in [0.2, 0.25) is 9.84 Å². The molecule has 0 aliphatic heterocycles. The van der Waals surface area contributed by atoms with Crippen molar-refractivity contribution in [3.63, 3.8) is 0 Å². The largest absolute Gasteiger partial charge is 0.490 e. The Kier molecular flexibility index (Phi) is 6.21. The number of hydrogen-bond donors (Lipinski definition) is 0. The topological polar surface area (TPSA) is 52.6 Å². The summed E-state index contributed by atoms with van der Waals surface area (Å²) in [5, 5.41) is 0. The van der Waals surface area contributed by atoms with Crippen molar-refractivity contribution >= 4 is 9.84 Å². The van der Waals surface area contributed by atoms with Crippen LogP contribution < -0.4 is 4.74 Å². The molecule has 0 aromatic heterocycles. The van der Waals surface area contributed by atoms with Gasteiger partial charge in [-0.25, -0.2) is 8.42 Å². The zero-order valence-corrected chi connectivity index (χ0v) is 14.2. The summed E-state index contributed by atoms with van der Waals surface area (Å²) in [7, 11) is -3.58. The molecular formula is C19H20O4S. The summed E-state index contributed by atoms with van der Waals surface area (Å²) < 4.78 is 36.3. The molecule has 1 aliphatic rings. The Morgan fingerprint density at radius 2 is 1.62 bits per heavy atom. The molecule has 1 aliphatic carbocycles. The average Bonchev–Trinajstić information content (AvgIpc) is 2.84. The zero-order chi connectivity index (χ0) is 17.4. The summed E-state index contributed by atoms with van der Waals surface area (Å²) >= 11 is 0. The van der Waals surface area contributed by atoms with E-state index in [0.29, 0.717) is 31.1 Å². The molecule has 1 aromatic rings. The maximum absolute atomic E-state index is 12.7. The summed E-state index contributed by atoms with van der Waals surface area (Å²) in [5.41, 5.74) is 0. The van der Waals surface area contributed by atoms with E-state index in [9.17, 15) is 8.42 Å². The van der Waals surface area contributed by atoms with E-state index in [4.69, 9.17) is 9.47 Å². The number of hydrogen-bond acceptors (Lipinski definition) is 4. The molecule has 0 spiro atoms. The molecule has 0 unspecified atom stereocenters. The zero-order valence-electron chi connectivity index (χ0n) is 13.4. The summed E-state index contributed by atoms with van der Waals surface area (Å²) in [5.74, 6) is 1.23. The summed E-state index contributed by atoms with van der Waals surface area (Å²) in [4.78, 5) is 0.468. The van der Waals surface area contributed by atoms with Gasteiger partial charge in [0.1, 0.15) is 24.7 Å². The molecule has 0 atom stereocenters. The third kappa shape index (κ3) is 4.49. The maximum Gasteiger partial charge on any atom is 0.206 e. The molecule has 0 N–H and O–H groups in total. The Balaban J connectivity index is 2.17. The van der Waals surface area contributed by atoms with Gasteiger partial charge < -0.3 is 9.47 Å². The van der Waals surface area contributed by atoms with Crippen LogP contribution >= 0.6 is 0 Å². The minimum absolute atomic E-state index is 0.222. The van der Waals surface area contributed by atoms with Crippen LogP contribution in [0, 0.1) is 0 Å². The van der Waals surface area contributed by atoms with Crippen molar-refractivity contribution < 1.29 is 17.9 Å². The lowest BCUT2D eigenvalue weighted by molar-refractivity contribution is 0.261. The molecule has 0 fully saturated rings. The fourth-order valence-corrected chi connectivity index (χ4v) is 3.39. The first-order valence-electron chi connectivity index (χ1n) is 7.49. The van der Waals surface area contributed by atoms with E-state index in [-0.39, 0.29) is 9.80 Å². The van der Waals surface area contributed by atoms with Crippen LogP contribution in [0.25, 0.3) is 0 Å². The average molecular weight is 344 g/mol. The van der Waals surface area contributed by atoms with Crippen molar-refractivity contribution in [3.8, 4) is 5.75 Å². The second-order valence-electron chi connectivity index (χ2n) is 4.96. The molecule has 0 radical (unpaired) electrons. The van der Waals surface area contributed by atoms with Gasteiger partial charge in [0, 0.05) is 0 Å². The number of rotatable bonds is 8. The van der Waals surface area contributed by atoms with Gasteiger partial charge in [0.25, 0.3) is 0 Å². The highest BCUT2D eigenvalue weighted by Gasteiger charge is 2.19. The Morgan fingerprint density at radius 3 is 2.29 bits per heavy atom. The third-order valence-electron chi connectivity index (χ3n) is 3.23. The molecule has 0 bridgehead atoms. The van der Waals surface area contributed by atoms with Crippen molar-refractivity contribution in [1.29, 1.82) is 0 Å². The molecule has 1 aromatic carbocycles. The second-order valence-corrected chi connectivity index (χ2v) is 6.91. The van der Waals surface area contributed by atoms with Gasteiger partial charge in [-0.1, -0.05) is 31.4 Å². The summed E-state index contributed by atoms with van der Waals surface area (Å²) in [6.45, 7) is 7.91. The fourth-order valence-electron chi connectivity index (χ4n) is 2.06. The van der Waals surface area contributed by atoms with E-state index < -0.39 is 9.84 Å². The third-order valence-corrected chi connectivity index (χ3v) is 5.05. The van der Waals surface area contributed by atoms with E-state index in [1.165, 1.54) is 12.1 Å². The van der Waals surface area contributed by atoms with Gasteiger partial charge in [0.15, 0.2) is 0 Å². The van der Waals surface area contributed by atoms with Crippen LogP contribution in [-0.2, 0) is 14.6 Å². The van der Waals surface area contributed by atoms with Gasteiger partial charge in [-0.2, -0.15) is 0 Å². The van der Waals surface area contributed by atoms with Crippen molar-refractivity contribution in [2.45, 2.75) is 11.3 Å². The van der Waals surface area contributed by atoms with E-state index in [1.54, 1.807) is 42.5 Å². The van der Waals surface area contributed by atoms with Gasteiger partial charge in [0.05, 0.1) is 9.80 Å². The number of allylic oxidation sites excluding steroid dienone is 4. The predicted molar refractivity (Wildman–Crippen MR) is 95.4 cm³/mol. The number of benzene rings is 1. The van der Waals surface area contributed by atoms with Crippen LogP contribution in [0.3, 0.4) is 0 Å². The lowest BCUT2D eigenvalue weighted by Gasteiger charge is -2.07. The van der Waals surface area contributed by atoms with Crippen LogP contribution in [0.2, 0.25) is 0 Å². The molecule has 0 saturated heterocycles. The molecule has 2 rings (SSSR count). The van der Waals surface area contributed by atoms with E-state index >= 15 is 0 Å². The standard InChI is InChI=1S/C19H20O4S/c1-3-14-22-16-6-5-7-18(11-8-16)24(20,21)19-12-9-17(10-13-19)23-15-4-2/h3-4,6-13H,1-2,5,14-15H2. The van der Waals surface area contributed by atoms with E-state index in [1.807, 2.05) is 6.08 Å². The number of sulfone groups is 1. The van der Waals surface area contributed by atoms with Crippen molar-refractivity contribution in [1.82, 2.24) is 0 Å². The Hall–Kier alpha value is -2.53. The Labute approximate surface area is 143 Å². The Bertz CT molecular complexity index is 781. The molecule has 0 saturated carbocycles.